The maximum atomic E-state index is 9.11. The summed E-state index contributed by atoms with van der Waals surface area (Å²) in [4.78, 5) is 6.23. The number of nitrogens with two attached hydrogens (primary N) is 1. The van der Waals surface area contributed by atoms with Crippen LogP contribution in [0.15, 0.2) is 15.9 Å². The van der Waals surface area contributed by atoms with E-state index < -0.39 is 0 Å². The first-order chi connectivity index (χ1) is 10.2. The number of hydrogen-bond donors (Lipinski definition) is 2. The maximum absolute atomic E-state index is 9.11. The first-order valence-corrected chi connectivity index (χ1v) is 9.39. The van der Waals surface area contributed by atoms with E-state index in [9.17, 15) is 0 Å². The lowest BCUT2D eigenvalue weighted by atomic mass is 10.0. The van der Waals surface area contributed by atoms with E-state index in [0.717, 1.165) is 50.0 Å². The Labute approximate surface area is 140 Å². The summed E-state index contributed by atoms with van der Waals surface area (Å²) >= 11 is 5.35. The predicted octanol–water partition coefficient (Wildman–Crippen LogP) is 2.29. The number of rotatable bonds is 6. The molecule has 0 aromatic carbocycles. The molecule has 0 radical (unpaired) electrons. The van der Waals surface area contributed by atoms with E-state index in [1.54, 1.807) is 11.3 Å². The van der Waals surface area contributed by atoms with Crippen LogP contribution in [0.3, 0.4) is 0 Å². The molecule has 2 unspecified atom stereocenters. The van der Waals surface area contributed by atoms with Crippen molar-refractivity contribution in [3.8, 4) is 0 Å². The Bertz CT molecular complexity index is 429. The van der Waals surface area contributed by atoms with Gasteiger partial charge in [-0.25, -0.2) is 0 Å². The number of hydrogen-bond acceptors (Lipinski definition) is 5. The summed E-state index contributed by atoms with van der Waals surface area (Å²) in [6.45, 7) is 7.37. The molecule has 3 N–H and O–H groups in total. The Morgan fingerprint density at radius 1 is 1.38 bits per heavy atom. The SMILES string of the molecule is CCC(N)C(c1cc(Br)cs1)N1CCCN(CCO)CC1. The van der Waals surface area contributed by atoms with Crippen molar-refractivity contribution in [2.45, 2.75) is 31.8 Å². The third kappa shape index (κ3) is 4.74. The minimum Gasteiger partial charge on any atom is -0.395 e. The van der Waals surface area contributed by atoms with Gasteiger partial charge in [-0.2, -0.15) is 0 Å². The molecular weight excluding hydrogens is 350 g/mol. The van der Waals surface area contributed by atoms with Crippen molar-refractivity contribution in [3.05, 3.63) is 20.8 Å². The first kappa shape index (κ1) is 17.4. The lowest BCUT2D eigenvalue weighted by Crippen LogP contribution is -2.42. The van der Waals surface area contributed by atoms with Crippen molar-refractivity contribution in [2.75, 3.05) is 39.3 Å². The van der Waals surface area contributed by atoms with Gasteiger partial charge in [-0.05, 0) is 41.4 Å². The molecule has 0 saturated carbocycles. The van der Waals surface area contributed by atoms with Crippen molar-refractivity contribution in [2.24, 2.45) is 5.73 Å². The van der Waals surface area contributed by atoms with Crippen LogP contribution in [0.4, 0.5) is 0 Å². The number of β-amino-alcohol motifs (C(OH)–C–C–N with tert-alkyl or cyclic N) is 1. The second kappa shape index (κ2) is 8.60. The van der Waals surface area contributed by atoms with Gasteiger partial charge in [-0.3, -0.25) is 9.80 Å². The molecule has 0 amide bonds. The van der Waals surface area contributed by atoms with E-state index in [-0.39, 0.29) is 12.6 Å². The Morgan fingerprint density at radius 2 is 2.19 bits per heavy atom. The molecular formula is C15H26BrN3OS. The molecule has 4 nitrogen and oxygen atoms in total. The highest BCUT2D eigenvalue weighted by Crippen LogP contribution is 2.32. The summed E-state index contributed by atoms with van der Waals surface area (Å²) in [5.74, 6) is 0. The summed E-state index contributed by atoms with van der Waals surface area (Å²) < 4.78 is 1.15. The first-order valence-electron chi connectivity index (χ1n) is 7.72. The summed E-state index contributed by atoms with van der Waals surface area (Å²) in [5, 5.41) is 11.3. The van der Waals surface area contributed by atoms with Crippen LogP contribution >= 0.6 is 27.3 Å². The van der Waals surface area contributed by atoms with Gasteiger partial charge in [-0.15, -0.1) is 11.3 Å². The van der Waals surface area contributed by atoms with Gasteiger partial charge < -0.3 is 10.8 Å². The van der Waals surface area contributed by atoms with Crippen molar-refractivity contribution < 1.29 is 5.11 Å². The molecule has 0 aliphatic carbocycles. The number of aliphatic hydroxyl groups excluding tert-OH is 1. The Kier molecular flexibility index (Phi) is 7.12. The van der Waals surface area contributed by atoms with Crippen LogP contribution < -0.4 is 5.73 Å². The van der Waals surface area contributed by atoms with Crippen LogP contribution in [0.2, 0.25) is 0 Å². The summed E-state index contributed by atoms with van der Waals surface area (Å²) in [5.41, 5.74) is 6.43. The zero-order valence-corrected chi connectivity index (χ0v) is 15.1. The molecule has 2 rings (SSSR count). The fourth-order valence-electron chi connectivity index (χ4n) is 3.00. The molecule has 1 aromatic heterocycles. The van der Waals surface area contributed by atoms with E-state index in [0.29, 0.717) is 6.04 Å². The average Bonchev–Trinajstić information content (AvgIpc) is 2.76. The Balaban J connectivity index is 2.10. The molecule has 21 heavy (non-hydrogen) atoms. The summed E-state index contributed by atoms with van der Waals surface area (Å²) in [6, 6.07) is 2.68. The van der Waals surface area contributed by atoms with Crippen LogP contribution in [0.25, 0.3) is 0 Å². The molecule has 0 bridgehead atoms. The molecule has 6 heteroatoms. The zero-order chi connectivity index (χ0) is 15.2. The summed E-state index contributed by atoms with van der Waals surface area (Å²) in [6.07, 6.45) is 2.12. The highest BCUT2D eigenvalue weighted by molar-refractivity contribution is 9.10. The van der Waals surface area contributed by atoms with Crippen LogP contribution in [0.5, 0.6) is 0 Å². The molecule has 1 saturated heterocycles. The van der Waals surface area contributed by atoms with Gasteiger partial charge in [0.15, 0.2) is 0 Å². The van der Waals surface area contributed by atoms with E-state index in [1.807, 2.05) is 0 Å². The van der Waals surface area contributed by atoms with Crippen molar-refractivity contribution in [3.63, 3.8) is 0 Å². The molecule has 1 aliphatic heterocycles. The summed E-state index contributed by atoms with van der Waals surface area (Å²) in [7, 11) is 0. The van der Waals surface area contributed by atoms with E-state index in [1.165, 1.54) is 4.88 Å². The molecule has 120 valence electrons. The van der Waals surface area contributed by atoms with Gasteiger partial charge in [0.25, 0.3) is 0 Å². The second-order valence-electron chi connectivity index (χ2n) is 5.64. The fourth-order valence-corrected chi connectivity index (χ4v) is 4.66. The topological polar surface area (TPSA) is 52.7 Å². The average molecular weight is 376 g/mol. The third-order valence-electron chi connectivity index (χ3n) is 4.19. The second-order valence-corrected chi connectivity index (χ2v) is 7.50. The van der Waals surface area contributed by atoms with Crippen molar-refractivity contribution >= 4 is 27.3 Å². The minimum absolute atomic E-state index is 0.167. The quantitative estimate of drug-likeness (QED) is 0.800. The molecule has 1 aromatic rings. The lowest BCUT2D eigenvalue weighted by molar-refractivity contribution is 0.166. The van der Waals surface area contributed by atoms with E-state index in [2.05, 4.69) is 44.1 Å². The van der Waals surface area contributed by atoms with Gasteiger partial charge in [0.1, 0.15) is 0 Å². The molecule has 2 heterocycles. The number of thiophene rings is 1. The Hall–Kier alpha value is 0.0200. The fraction of sp³-hybridized carbons (Fsp3) is 0.733. The number of nitrogens with zero attached hydrogens (tertiary/aromatic N) is 2. The zero-order valence-electron chi connectivity index (χ0n) is 12.7. The van der Waals surface area contributed by atoms with Gasteiger partial charge in [-0.1, -0.05) is 6.92 Å². The Morgan fingerprint density at radius 3 is 2.81 bits per heavy atom. The molecule has 0 spiro atoms. The van der Waals surface area contributed by atoms with Crippen LogP contribution in [-0.2, 0) is 0 Å². The van der Waals surface area contributed by atoms with Crippen molar-refractivity contribution in [1.29, 1.82) is 0 Å². The monoisotopic (exact) mass is 375 g/mol. The van der Waals surface area contributed by atoms with Crippen LogP contribution in [0, 0.1) is 0 Å². The molecule has 1 fully saturated rings. The lowest BCUT2D eigenvalue weighted by Gasteiger charge is -2.34. The number of halogens is 1. The standard InChI is InChI=1S/C15H26BrN3OS/c1-2-13(17)15(14-10-12(16)11-21-14)19-5-3-4-18(6-7-19)8-9-20/h10-11,13,15,20H,2-9,17H2,1H3. The molecule has 2 atom stereocenters. The highest BCUT2D eigenvalue weighted by atomic mass is 79.9. The van der Waals surface area contributed by atoms with Crippen molar-refractivity contribution in [1.82, 2.24) is 9.80 Å². The van der Waals surface area contributed by atoms with Gasteiger partial charge in [0, 0.05) is 47.0 Å². The maximum Gasteiger partial charge on any atom is 0.0594 e. The van der Waals surface area contributed by atoms with Crippen LogP contribution in [-0.4, -0.2) is 60.3 Å². The van der Waals surface area contributed by atoms with Gasteiger partial charge in [0.2, 0.25) is 0 Å². The normalized spacial score (nSPS) is 21.1. The molecule has 1 aliphatic rings. The number of aliphatic hydroxyl groups is 1. The smallest absolute Gasteiger partial charge is 0.0594 e. The third-order valence-corrected chi connectivity index (χ3v) is 5.95. The minimum atomic E-state index is 0.167. The predicted molar refractivity (Wildman–Crippen MR) is 92.7 cm³/mol. The van der Waals surface area contributed by atoms with E-state index >= 15 is 0 Å². The van der Waals surface area contributed by atoms with E-state index in [4.69, 9.17) is 10.8 Å². The van der Waals surface area contributed by atoms with Gasteiger partial charge in [0.05, 0.1) is 12.6 Å². The highest BCUT2D eigenvalue weighted by Gasteiger charge is 2.28. The van der Waals surface area contributed by atoms with Crippen LogP contribution in [0.1, 0.15) is 30.7 Å². The largest absolute Gasteiger partial charge is 0.395 e. The van der Waals surface area contributed by atoms with Gasteiger partial charge >= 0.3 is 0 Å².